The lowest BCUT2D eigenvalue weighted by Gasteiger charge is -2.54. The number of amides is 2. The molecular weight excluding hydrogens is 628 g/mol. The van der Waals surface area contributed by atoms with Crippen molar-refractivity contribution in [1.82, 2.24) is 4.90 Å². The smallest absolute Gasteiger partial charge is 0.330 e. The molecule has 2 bridgehead atoms. The summed E-state index contributed by atoms with van der Waals surface area (Å²) in [6.07, 6.45) is 0.0510. The van der Waals surface area contributed by atoms with Crippen LogP contribution in [-0.4, -0.2) is 28.7 Å². The summed E-state index contributed by atoms with van der Waals surface area (Å²) in [7, 11) is 0. The number of imide groups is 1. The summed E-state index contributed by atoms with van der Waals surface area (Å²) in [5.74, 6) is -3.91. The Morgan fingerprint density at radius 3 is 1.72 bits per heavy atom. The average Bonchev–Trinajstić information content (AvgIpc) is 3.29. The standard InChI is InChI=1S/C34H23Cl4NO4/c35-21-15-14-20(26(36)17-21)18-43-32(42)27(16-19-8-2-1-3-9-19)39-30(40)28-29(31(39)41)34(38)23-11-5-4-10-22(23)33(28,37)24-12-6-7-13-25(24)34/h1-15,17,27-29H,16,18H2/t27-,28-,29-,33?,34?/m0/s1. The molecule has 2 amide bonds. The SMILES string of the molecule is O=C(OCc1ccc(Cl)cc1Cl)[C@H](Cc1ccccc1)N1C(=O)[C@@H]2[C@@H](C1=O)C1(Cl)c3ccccc3C2(Cl)c2ccccc21. The van der Waals surface area contributed by atoms with E-state index in [0.29, 0.717) is 37.9 Å². The molecule has 0 spiro atoms. The Labute approximate surface area is 268 Å². The number of halogens is 4. The maximum atomic E-state index is 14.5. The predicted octanol–water partition coefficient (Wildman–Crippen LogP) is 7.24. The third-order valence-corrected chi connectivity index (χ3v) is 10.7. The van der Waals surface area contributed by atoms with Crippen LogP contribution in [0.5, 0.6) is 0 Å². The van der Waals surface area contributed by atoms with E-state index in [1.165, 1.54) is 0 Å². The molecule has 8 rings (SSSR count). The molecule has 4 aromatic rings. The van der Waals surface area contributed by atoms with Crippen molar-refractivity contribution in [1.29, 1.82) is 0 Å². The van der Waals surface area contributed by atoms with Crippen molar-refractivity contribution < 1.29 is 19.1 Å². The number of ether oxygens (including phenoxy) is 1. The van der Waals surface area contributed by atoms with Crippen LogP contribution in [0, 0.1) is 11.8 Å². The molecule has 1 fully saturated rings. The molecular formula is C34H23Cl4NO4. The van der Waals surface area contributed by atoms with E-state index in [4.69, 9.17) is 51.1 Å². The summed E-state index contributed by atoms with van der Waals surface area (Å²) in [4.78, 5) is 41.2. The van der Waals surface area contributed by atoms with Gasteiger partial charge in [0.25, 0.3) is 0 Å². The first-order valence-electron chi connectivity index (χ1n) is 13.8. The number of esters is 1. The highest BCUT2D eigenvalue weighted by atomic mass is 35.5. The van der Waals surface area contributed by atoms with Crippen LogP contribution < -0.4 is 0 Å². The number of carbonyl (C=O) groups excluding carboxylic acids is 3. The average molecular weight is 651 g/mol. The van der Waals surface area contributed by atoms with Gasteiger partial charge in [0.2, 0.25) is 11.8 Å². The normalized spacial score (nSPS) is 25.6. The summed E-state index contributed by atoms with van der Waals surface area (Å²) < 4.78 is 5.71. The number of carbonyl (C=O) groups is 3. The molecule has 3 aliphatic carbocycles. The largest absolute Gasteiger partial charge is 0.459 e. The molecule has 0 saturated carbocycles. The molecule has 5 nitrogen and oxygen atoms in total. The van der Waals surface area contributed by atoms with E-state index in [9.17, 15) is 14.4 Å². The van der Waals surface area contributed by atoms with Crippen LogP contribution in [0.1, 0.15) is 33.4 Å². The van der Waals surface area contributed by atoms with E-state index < -0.39 is 45.4 Å². The predicted molar refractivity (Wildman–Crippen MR) is 165 cm³/mol. The van der Waals surface area contributed by atoms with Crippen LogP contribution in [0.25, 0.3) is 0 Å². The van der Waals surface area contributed by atoms with Gasteiger partial charge in [0, 0.05) is 22.0 Å². The van der Waals surface area contributed by atoms with E-state index in [-0.39, 0.29) is 13.0 Å². The van der Waals surface area contributed by atoms with Crippen LogP contribution in [0.15, 0.2) is 97.1 Å². The summed E-state index contributed by atoms with van der Waals surface area (Å²) in [5.41, 5.74) is 4.04. The van der Waals surface area contributed by atoms with Crippen molar-refractivity contribution in [2.75, 3.05) is 0 Å². The number of nitrogens with zero attached hydrogens (tertiary/aromatic N) is 1. The topological polar surface area (TPSA) is 63.7 Å². The second kappa shape index (κ2) is 10.4. The number of hydrogen-bond donors (Lipinski definition) is 0. The summed E-state index contributed by atoms with van der Waals surface area (Å²) in [6.45, 7) is -0.168. The van der Waals surface area contributed by atoms with Gasteiger partial charge in [-0.1, -0.05) is 108 Å². The lowest BCUT2D eigenvalue weighted by Crippen LogP contribution is -2.57. The van der Waals surface area contributed by atoms with E-state index in [0.717, 1.165) is 10.5 Å². The van der Waals surface area contributed by atoms with Crippen molar-refractivity contribution in [3.63, 3.8) is 0 Å². The maximum absolute atomic E-state index is 14.5. The second-order valence-corrected chi connectivity index (χ2v) is 13.1. The summed E-state index contributed by atoms with van der Waals surface area (Å²) in [5, 5.41) is 0.777. The Morgan fingerprint density at radius 1 is 0.744 bits per heavy atom. The molecule has 0 aromatic heterocycles. The van der Waals surface area contributed by atoms with Crippen molar-refractivity contribution in [3.05, 3.63) is 140 Å². The fraction of sp³-hybridized carbons (Fsp3) is 0.206. The van der Waals surface area contributed by atoms with Gasteiger partial charge < -0.3 is 4.74 Å². The molecule has 4 aromatic carbocycles. The number of rotatable bonds is 6. The first kappa shape index (κ1) is 28.4. The fourth-order valence-electron chi connectivity index (χ4n) is 7.00. The Kier molecular flexibility index (Phi) is 6.86. The van der Waals surface area contributed by atoms with Crippen LogP contribution in [0.2, 0.25) is 10.0 Å². The van der Waals surface area contributed by atoms with Crippen molar-refractivity contribution in [2.24, 2.45) is 11.8 Å². The zero-order valence-electron chi connectivity index (χ0n) is 22.5. The van der Waals surface area contributed by atoms with Crippen LogP contribution in [0.4, 0.5) is 0 Å². The fourth-order valence-corrected chi connectivity index (χ4v) is 8.56. The first-order chi connectivity index (χ1) is 20.7. The molecule has 0 radical (unpaired) electrons. The Hall–Kier alpha value is -3.35. The molecule has 4 aliphatic rings. The molecule has 216 valence electrons. The molecule has 0 unspecified atom stereocenters. The quantitative estimate of drug-likeness (QED) is 0.125. The third kappa shape index (κ3) is 4.09. The van der Waals surface area contributed by atoms with E-state index in [1.807, 2.05) is 78.9 Å². The lowest BCUT2D eigenvalue weighted by molar-refractivity contribution is -0.159. The van der Waals surface area contributed by atoms with Gasteiger partial charge >= 0.3 is 5.97 Å². The first-order valence-corrected chi connectivity index (χ1v) is 15.3. The highest BCUT2D eigenvalue weighted by molar-refractivity contribution is 6.36. The number of alkyl halides is 2. The number of hydrogen-bond acceptors (Lipinski definition) is 4. The lowest BCUT2D eigenvalue weighted by atomic mass is 9.54. The summed E-state index contributed by atoms with van der Waals surface area (Å²) >= 11 is 27.5. The maximum Gasteiger partial charge on any atom is 0.330 e. The monoisotopic (exact) mass is 649 g/mol. The highest BCUT2D eigenvalue weighted by Gasteiger charge is 2.73. The summed E-state index contributed by atoms with van der Waals surface area (Å²) in [6, 6.07) is 27.6. The van der Waals surface area contributed by atoms with Gasteiger partial charge in [-0.05, 0) is 39.9 Å². The minimum absolute atomic E-state index is 0.0510. The van der Waals surface area contributed by atoms with Crippen molar-refractivity contribution >= 4 is 64.2 Å². The Balaban J connectivity index is 1.32. The molecule has 3 atom stereocenters. The van der Waals surface area contributed by atoms with E-state index in [2.05, 4.69) is 0 Å². The zero-order valence-corrected chi connectivity index (χ0v) is 25.5. The van der Waals surface area contributed by atoms with Gasteiger partial charge in [-0.15, -0.1) is 23.2 Å². The van der Waals surface area contributed by atoms with Gasteiger partial charge in [0.1, 0.15) is 22.4 Å². The number of likely N-dealkylation sites (tertiary alicyclic amines) is 1. The van der Waals surface area contributed by atoms with Gasteiger partial charge in [-0.2, -0.15) is 0 Å². The van der Waals surface area contributed by atoms with Gasteiger partial charge in [0.15, 0.2) is 0 Å². The van der Waals surface area contributed by atoms with Crippen molar-refractivity contribution in [2.45, 2.75) is 28.8 Å². The molecule has 43 heavy (non-hydrogen) atoms. The Morgan fingerprint density at radius 2 is 1.23 bits per heavy atom. The van der Waals surface area contributed by atoms with E-state index >= 15 is 0 Å². The van der Waals surface area contributed by atoms with Gasteiger partial charge in [0.05, 0.1) is 11.8 Å². The Bertz CT molecular complexity index is 1690. The van der Waals surface area contributed by atoms with Crippen molar-refractivity contribution in [3.8, 4) is 0 Å². The molecule has 1 aliphatic heterocycles. The minimum Gasteiger partial charge on any atom is -0.459 e. The van der Waals surface area contributed by atoms with Gasteiger partial charge in [-0.3, -0.25) is 14.5 Å². The van der Waals surface area contributed by atoms with E-state index in [1.54, 1.807) is 18.2 Å². The molecule has 9 heteroatoms. The second-order valence-electron chi connectivity index (χ2n) is 11.1. The zero-order chi connectivity index (χ0) is 30.1. The van der Waals surface area contributed by atoms with Gasteiger partial charge in [-0.25, -0.2) is 4.79 Å². The highest BCUT2D eigenvalue weighted by Crippen LogP contribution is 2.69. The molecule has 1 saturated heterocycles. The number of benzene rings is 4. The minimum atomic E-state index is -1.35. The van der Waals surface area contributed by atoms with Crippen LogP contribution in [-0.2, 0) is 41.9 Å². The van der Waals surface area contributed by atoms with Crippen LogP contribution >= 0.6 is 46.4 Å². The molecule has 0 N–H and O–H groups in total. The van der Waals surface area contributed by atoms with Crippen LogP contribution in [0.3, 0.4) is 0 Å². The third-order valence-electron chi connectivity index (χ3n) is 8.86. The molecule has 1 heterocycles.